The van der Waals surface area contributed by atoms with Gasteiger partial charge < -0.3 is 0 Å². The molecule has 0 bridgehead atoms. The molecule has 1 aliphatic rings. The van der Waals surface area contributed by atoms with Crippen molar-refractivity contribution < 1.29 is 8.42 Å². The van der Waals surface area contributed by atoms with Crippen molar-refractivity contribution in [1.82, 2.24) is 9.03 Å². The third kappa shape index (κ3) is 3.69. The molecule has 1 fully saturated rings. The number of benzene rings is 1. The maximum absolute atomic E-state index is 12.3. The van der Waals surface area contributed by atoms with Crippen LogP contribution in [0, 0.1) is 0 Å². The zero-order chi connectivity index (χ0) is 13.9. The first-order valence-electron chi connectivity index (χ1n) is 6.50. The van der Waals surface area contributed by atoms with E-state index in [1.165, 1.54) is 0 Å². The van der Waals surface area contributed by atoms with E-state index in [1.807, 2.05) is 25.1 Å². The van der Waals surface area contributed by atoms with Gasteiger partial charge in [-0.25, -0.2) is 0 Å². The van der Waals surface area contributed by atoms with Gasteiger partial charge in [-0.1, -0.05) is 36.2 Å². The van der Waals surface area contributed by atoms with Gasteiger partial charge in [0.25, 0.3) is 10.2 Å². The van der Waals surface area contributed by atoms with Crippen molar-refractivity contribution in [3.8, 4) is 0 Å². The molecule has 1 unspecified atom stereocenters. The second-order valence-electron chi connectivity index (χ2n) is 4.87. The normalized spacial score (nSPS) is 21.5. The summed E-state index contributed by atoms with van der Waals surface area (Å²) in [5.74, 6) is 0. The fourth-order valence-electron chi connectivity index (χ4n) is 2.32. The average Bonchev–Trinajstić information content (AvgIpc) is 2.38. The number of hydrogen-bond donors (Lipinski definition) is 1. The van der Waals surface area contributed by atoms with Gasteiger partial charge in [0.05, 0.1) is 0 Å². The van der Waals surface area contributed by atoms with Crippen molar-refractivity contribution in [3.05, 3.63) is 34.9 Å². The van der Waals surface area contributed by atoms with Crippen molar-refractivity contribution >= 4 is 21.8 Å². The Balaban J connectivity index is 2.03. The van der Waals surface area contributed by atoms with E-state index in [4.69, 9.17) is 11.6 Å². The fraction of sp³-hybridized carbons (Fsp3) is 0.538. The molecule has 1 atom stereocenters. The lowest BCUT2D eigenvalue weighted by Crippen LogP contribution is -2.47. The molecule has 0 radical (unpaired) electrons. The molecule has 1 aromatic rings. The molecule has 2 rings (SSSR count). The monoisotopic (exact) mass is 302 g/mol. The molecule has 106 valence electrons. The smallest absolute Gasteiger partial charge is 0.198 e. The molecule has 19 heavy (non-hydrogen) atoms. The molecule has 1 heterocycles. The van der Waals surface area contributed by atoms with Crippen LogP contribution in [0.4, 0.5) is 0 Å². The summed E-state index contributed by atoms with van der Waals surface area (Å²) in [7, 11) is -3.42. The Labute approximate surface area is 119 Å². The van der Waals surface area contributed by atoms with Crippen LogP contribution in [-0.4, -0.2) is 25.3 Å². The minimum absolute atomic E-state index is 0.0671. The van der Waals surface area contributed by atoms with Crippen LogP contribution in [0.3, 0.4) is 0 Å². The third-order valence-electron chi connectivity index (χ3n) is 3.45. The lowest BCUT2D eigenvalue weighted by Gasteiger charge is -2.32. The standard InChI is InChI=1S/C13H19ClN2O2S/c1-11-6-4-5-9-16(11)19(17,18)15-10-12-7-2-3-8-13(12)14/h2-3,7-8,11,15H,4-6,9-10H2,1H3. The Morgan fingerprint density at radius 3 is 2.79 bits per heavy atom. The van der Waals surface area contributed by atoms with Crippen molar-refractivity contribution in [1.29, 1.82) is 0 Å². The van der Waals surface area contributed by atoms with E-state index in [0.29, 0.717) is 11.6 Å². The maximum atomic E-state index is 12.3. The molecule has 0 saturated carbocycles. The van der Waals surface area contributed by atoms with Crippen LogP contribution in [0.5, 0.6) is 0 Å². The summed E-state index contributed by atoms with van der Waals surface area (Å²) in [6.07, 6.45) is 2.95. The van der Waals surface area contributed by atoms with Gasteiger partial charge in [-0.3, -0.25) is 0 Å². The van der Waals surface area contributed by atoms with Gasteiger partial charge in [-0.05, 0) is 31.4 Å². The van der Waals surface area contributed by atoms with Crippen LogP contribution in [0.2, 0.25) is 5.02 Å². The molecular weight excluding hydrogens is 284 g/mol. The molecule has 1 aliphatic heterocycles. The zero-order valence-corrected chi connectivity index (χ0v) is 12.5. The maximum Gasteiger partial charge on any atom is 0.279 e. The number of rotatable bonds is 4. The molecule has 1 N–H and O–H groups in total. The average molecular weight is 303 g/mol. The predicted molar refractivity (Wildman–Crippen MR) is 77.2 cm³/mol. The van der Waals surface area contributed by atoms with Crippen LogP contribution >= 0.6 is 11.6 Å². The quantitative estimate of drug-likeness (QED) is 0.929. The topological polar surface area (TPSA) is 49.4 Å². The molecule has 6 heteroatoms. The second-order valence-corrected chi connectivity index (χ2v) is 6.99. The largest absolute Gasteiger partial charge is 0.279 e. The minimum atomic E-state index is -3.42. The highest BCUT2D eigenvalue weighted by atomic mass is 35.5. The summed E-state index contributed by atoms with van der Waals surface area (Å²) in [6, 6.07) is 7.32. The van der Waals surface area contributed by atoms with Crippen LogP contribution in [0.25, 0.3) is 0 Å². The van der Waals surface area contributed by atoms with Crippen molar-refractivity contribution in [2.24, 2.45) is 0 Å². The van der Waals surface area contributed by atoms with Gasteiger partial charge in [0.15, 0.2) is 0 Å². The van der Waals surface area contributed by atoms with Gasteiger partial charge in [0.1, 0.15) is 0 Å². The van der Waals surface area contributed by atoms with Crippen LogP contribution in [-0.2, 0) is 16.8 Å². The molecule has 0 spiro atoms. The van der Waals surface area contributed by atoms with Gasteiger partial charge in [-0.2, -0.15) is 17.4 Å². The summed E-state index contributed by atoms with van der Waals surface area (Å²) in [4.78, 5) is 0. The third-order valence-corrected chi connectivity index (χ3v) is 5.49. The number of nitrogens with zero attached hydrogens (tertiary/aromatic N) is 1. The summed E-state index contributed by atoms with van der Waals surface area (Å²) >= 11 is 6.02. The molecule has 1 saturated heterocycles. The lowest BCUT2D eigenvalue weighted by atomic mass is 10.1. The Kier molecular flexibility index (Phi) is 4.84. The Morgan fingerprint density at radius 1 is 1.37 bits per heavy atom. The molecule has 0 aromatic heterocycles. The van der Waals surface area contributed by atoms with Crippen LogP contribution in [0.15, 0.2) is 24.3 Å². The van der Waals surface area contributed by atoms with Gasteiger partial charge >= 0.3 is 0 Å². The van der Waals surface area contributed by atoms with Gasteiger partial charge in [-0.15, -0.1) is 0 Å². The SMILES string of the molecule is CC1CCCCN1S(=O)(=O)NCc1ccccc1Cl. The first kappa shape index (κ1) is 14.8. The van der Waals surface area contributed by atoms with E-state index in [0.717, 1.165) is 24.8 Å². The number of halogens is 1. The van der Waals surface area contributed by atoms with Crippen molar-refractivity contribution in [3.63, 3.8) is 0 Å². The minimum Gasteiger partial charge on any atom is -0.198 e. The van der Waals surface area contributed by atoms with E-state index in [2.05, 4.69) is 4.72 Å². The summed E-state index contributed by atoms with van der Waals surface area (Å²) < 4.78 is 28.7. The fourth-order valence-corrected chi connectivity index (χ4v) is 3.98. The van der Waals surface area contributed by atoms with Crippen molar-refractivity contribution in [2.75, 3.05) is 6.54 Å². The number of piperidine rings is 1. The first-order chi connectivity index (χ1) is 9.00. The van der Waals surface area contributed by atoms with Crippen molar-refractivity contribution in [2.45, 2.75) is 38.8 Å². The highest BCUT2D eigenvalue weighted by Crippen LogP contribution is 2.20. The first-order valence-corrected chi connectivity index (χ1v) is 8.32. The van der Waals surface area contributed by atoms with Crippen LogP contribution in [0.1, 0.15) is 31.7 Å². The molecule has 0 amide bonds. The van der Waals surface area contributed by atoms with E-state index in [1.54, 1.807) is 10.4 Å². The second kappa shape index (κ2) is 6.22. The highest BCUT2D eigenvalue weighted by molar-refractivity contribution is 7.87. The van der Waals surface area contributed by atoms with Gasteiger partial charge in [0, 0.05) is 24.2 Å². The van der Waals surface area contributed by atoms with Gasteiger partial charge in [0.2, 0.25) is 0 Å². The number of hydrogen-bond acceptors (Lipinski definition) is 2. The summed E-state index contributed by atoms with van der Waals surface area (Å²) in [6.45, 7) is 2.78. The van der Waals surface area contributed by atoms with E-state index in [9.17, 15) is 8.42 Å². The summed E-state index contributed by atoms with van der Waals surface area (Å²) in [5.41, 5.74) is 0.789. The summed E-state index contributed by atoms with van der Waals surface area (Å²) in [5, 5.41) is 0.580. The molecule has 0 aliphatic carbocycles. The number of nitrogens with one attached hydrogen (secondary N) is 1. The Morgan fingerprint density at radius 2 is 2.11 bits per heavy atom. The molecule has 4 nitrogen and oxygen atoms in total. The Hall–Kier alpha value is -0.620. The molecule has 1 aromatic carbocycles. The lowest BCUT2D eigenvalue weighted by molar-refractivity contribution is 0.265. The van der Waals surface area contributed by atoms with E-state index in [-0.39, 0.29) is 12.6 Å². The Bertz CT molecular complexity index is 533. The molecular formula is C13H19ClN2O2S. The highest BCUT2D eigenvalue weighted by Gasteiger charge is 2.29. The van der Waals surface area contributed by atoms with E-state index < -0.39 is 10.2 Å². The zero-order valence-electron chi connectivity index (χ0n) is 11.0. The van der Waals surface area contributed by atoms with E-state index >= 15 is 0 Å². The van der Waals surface area contributed by atoms with Crippen LogP contribution < -0.4 is 4.72 Å². The predicted octanol–water partition coefficient (Wildman–Crippen LogP) is 2.55.